The second kappa shape index (κ2) is 6.86. The zero-order valence-electron chi connectivity index (χ0n) is 14.5. The first-order valence-corrected chi connectivity index (χ1v) is 10.5. The molecule has 6 heteroatoms. The molecule has 0 aliphatic carbocycles. The van der Waals surface area contributed by atoms with Crippen LogP contribution in [0.25, 0.3) is 20.8 Å². The molecule has 1 aliphatic heterocycles. The van der Waals surface area contributed by atoms with E-state index in [9.17, 15) is 4.79 Å². The molecule has 1 atom stereocenters. The van der Waals surface area contributed by atoms with E-state index in [1.54, 1.807) is 27.6 Å². The van der Waals surface area contributed by atoms with Crippen molar-refractivity contribution in [3.05, 3.63) is 34.7 Å². The van der Waals surface area contributed by atoms with E-state index in [0.29, 0.717) is 6.42 Å². The largest absolute Gasteiger partial charge is 0.330 e. The summed E-state index contributed by atoms with van der Waals surface area (Å²) in [6.45, 7) is 7.48. The van der Waals surface area contributed by atoms with Crippen molar-refractivity contribution in [2.45, 2.75) is 33.2 Å². The fourth-order valence-electron chi connectivity index (χ4n) is 3.35. The number of hydrogen-bond donors (Lipinski definition) is 2. The van der Waals surface area contributed by atoms with Crippen molar-refractivity contribution in [2.75, 3.05) is 18.4 Å². The van der Waals surface area contributed by atoms with Crippen LogP contribution in [0.3, 0.4) is 0 Å². The van der Waals surface area contributed by atoms with Gasteiger partial charge in [0.1, 0.15) is 16.6 Å². The van der Waals surface area contributed by atoms with Gasteiger partial charge in [0.05, 0.1) is 28.2 Å². The Hall–Kier alpha value is -1.76. The van der Waals surface area contributed by atoms with Gasteiger partial charge in [-0.05, 0) is 24.6 Å². The van der Waals surface area contributed by atoms with E-state index in [1.165, 1.54) is 15.1 Å². The molecule has 25 heavy (non-hydrogen) atoms. The van der Waals surface area contributed by atoms with Crippen molar-refractivity contribution < 1.29 is 9.69 Å². The van der Waals surface area contributed by atoms with E-state index < -0.39 is 0 Å². The van der Waals surface area contributed by atoms with Crippen LogP contribution < -0.4 is 10.2 Å². The first-order valence-electron chi connectivity index (χ1n) is 8.83. The van der Waals surface area contributed by atoms with Crippen LogP contribution in [-0.2, 0) is 17.8 Å². The van der Waals surface area contributed by atoms with Crippen molar-refractivity contribution in [1.82, 2.24) is 4.98 Å². The molecule has 0 spiro atoms. The smallest absolute Gasteiger partial charge is 0.224 e. The Morgan fingerprint density at radius 2 is 2.12 bits per heavy atom. The van der Waals surface area contributed by atoms with Gasteiger partial charge in [0, 0.05) is 18.4 Å². The van der Waals surface area contributed by atoms with Gasteiger partial charge in [0.25, 0.3) is 0 Å². The summed E-state index contributed by atoms with van der Waals surface area (Å²) in [4.78, 5) is 19.9. The summed E-state index contributed by atoms with van der Waals surface area (Å²) in [6, 6.07) is 8.25. The summed E-state index contributed by atoms with van der Waals surface area (Å²) in [5, 5.41) is 5.14. The molecule has 1 aromatic carbocycles. The molecule has 0 bridgehead atoms. The van der Waals surface area contributed by atoms with Crippen LogP contribution in [0.15, 0.2) is 24.3 Å². The van der Waals surface area contributed by atoms with E-state index in [-0.39, 0.29) is 5.91 Å². The monoisotopic (exact) mass is 372 g/mol. The first-order chi connectivity index (χ1) is 12.2. The van der Waals surface area contributed by atoms with E-state index in [4.69, 9.17) is 4.98 Å². The maximum absolute atomic E-state index is 12.0. The second-order valence-corrected chi connectivity index (χ2v) is 8.51. The molecule has 130 valence electrons. The van der Waals surface area contributed by atoms with Crippen molar-refractivity contribution in [3.8, 4) is 10.6 Å². The Bertz CT molecular complexity index is 895. The van der Waals surface area contributed by atoms with Gasteiger partial charge in [-0.3, -0.25) is 4.79 Å². The third-order valence-electron chi connectivity index (χ3n) is 4.81. The number of fused-ring (bicyclic) bond motifs is 2. The van der Waals surface area contributed by atoms with Crippen LogP contribution in [0.5, 0.6) is 0 Å². The summed E-state index contributed by atoms with van der Waals surface area (Å²) in [6.07, 6.45) is 1.55. The number of carbonyl (C=O) groups is 1. The predicted octanol–water partition coefficient (Wildman–Crippen LogP) is 3.33. The highest BCUT2D eigenvalue weighted by Crippen LogP contribution is 2.44. The van der Waals surface area contributed by atoms with Crippen molar-refractivity contribution >= 4 is 43.8 Å². The van der Waals surface area contributed by atoms with Crippen LogP contribution in [0.4, 0.5) is 5.00 Å². The lowest BCUT2D eigenvalue weighted by molar-refractivity contribution is -0.913. The van der Waals surface area contributed by atoms with Crippen LogP contribution in [-0.4, -0.2) is 24.0 Å². The molecule has 1 amide bonds. The van der Waals surface area contributed by atoms with E-state index in [2.05, 4.69) is 30.4 Å². The fraction of sp³-hybridized carbons (Fsp3) is 0.368. The van der Waals surface area contributed by atoms with Crippen molar-refractivity contribution in [2.24, 2.45) is 0 Å². The number of rotatable bonds is 4. The van der Waals surface area contributed by atoms with Crippen molar-refractivity contribution in [3.63, 3.8) is 0 Å². The van der Waals surface area contributed by atoms with Gasteiger partial charge in [0.15, 0.2) is 0 Å². The molecule has 0 fully saturated rings. The maximum Gasteiger partial charge on any atom is 0.224 e. The number of para-hydroxylation sites is 1. The Balaban J connectivity index is 1.84. The fourth-order valence-corrected chi connectivity index (χ4v) is 5.79. The summed E-state index contributed by atoms with van der Waals surface area (Å²) < 4.78 is 1.20. The van der Waals surface area contributed by atoms with Gasteiger partial charge >= 0.3 is 0 Å². The Morgan fingerprint density at radius 1 is 1.28 bits per heavy atom. The number of likely N-dealkylation sites (N-methyl/N-ethyl adjacent to an activating group) is 1. The topological polar surface area (TPSA) is 46.4 Å². The van der Waals surface area contributed by atoms with Gasteiger partial charge in [-0.1, -0.05) is 19.1 Å². The lowest BCUT2D eigenvalue weighted by Gasteiger charge is -2.22. The number of quaternary nitrogens is 1. The van der Waals surface area contributed by atoms with Crippen LogP contribution in [0, 0.1) is 0 Å². The average molecular weight is 373 g/mol. The number of carbonyl (C=O) groups excluding carboxylic acids is 1. The van der Waals surface area contributed by atoms with Gasteiger partial charge in [-0.2, -0.15) is 0 Å². The van der Waals surface area contributed by atoms with Crippen LogP contribution in [0.1, 0.15) is 30.7 Å². The third-order valence-corrected chi connectivity index (χ3v) is 7.01. The van der Waals surface area contributed by atoms with E-state index in [0.717, 1.165) is 47.1 Å². The lowest BCUT2D eigenvalue weighted by atomic mass is 10.0. The molecule has 3 heterocycles. The minimum absolute atomic E-state index is 0.0700. The number of aromatic nitrogens is 1. The SMILES string of the molecule is CCC(=O)Nc1sc2c(c1-c1nc3ccccc3s1)CC[NH+](CC)C2. The zero-order valence-corrected chi connectivity index (χ0v) is 16.1. The normalized spacial score (nSPS) is 16.8. The Kier molecular flexibility index (Phi) is 4.58. The standard InChI is InChI=1S/C19H21N3OS2/c1-3-16(23)21-19-17(12-9-10-22(4-2)11-15(12)25-19)18-20-13-7-5-6-8-14(13)24-18/h5-8H,3-4,9-11H2,1-2H3,(H,21,23)/p+1. The number of benzene rings is 1. The number of nitrogens with zero attached hydrogens (tertiary/aromatic N) is 1. The summed E-state index contributed by atoms with van der Waals surface area (Å²) in [5.41, 5.74) is 3.60. The van der Waals surface area contributed by atoms with E-state index >= 15 is 0 Å². The zero-order chi connectivity index (χ0) is 17.4. The second-order valence-electron chi connectivity index (χ2n) is 6.38. The molecule has 3 aromatic rings. The number of anilines is 1. The summed E-state index contributed by atoms with van der Waals surface area (Å²) >= 11 is 3.46. The molecule has 2 aromatic heterocycles. The highest BCUT2D eigenvalue weighted by atomic mass is 32.1. The lowest BCUT2D eigenvalue weighted by Crippen LogP contribution is -3.11. The molecule has 0 saturated carbocycles. The van der Waals surface area contributed by atoms with Gasteiger partial charge in [-0.15, -0.1) is 22.7 Å². The summed E-state index contributed by atoms with van der Waals surface area (Å²) in [5.74, 6) is 0.0700. The van der Waals surface area contributed by atoms with Crippen molar-refractivity contribution in [1.29, 1.82) is 0 Å². The minimum atomic E-state index is 0.0700. The number of amides is 1. The van der Waals surface area contributed by atoms with E-state index in [1.807, 2.05) is 13.0 Å². The molecule has 0 radical (unpaired) electrons. The molecule has 2 N–H and O–H groups in total. The number of thiophene rings is 1. The molecule has 4 rings (SSSR count). The Morgan fingerprint density at radius 3 is 2.88 bits per heavy atom. The first kappa shape index (κ1) is 16.7. The van der Waals surface area contributed by atoms with Crippen LogP contribution >= 0.6 is 22.7 Å². The highest BCUT2D eigenvalue weighted by Gasteiger charge is 2.28. The molecule has 1 unspecified atom stereocenters. The Labute approximate surface area is 155 Å². The molecule has 4 nitrogen and oxygen atoms in total. The highest BCUT2D eigenvalue weighted by molar-refractivity contribution is 7.22. The quantitative estimate of drug-likeness (QED) is 0.738. The number of nitrogens with one attached hydrogen (secondary N) is 2. The average Bonchev–Trinajstić information content (AvgIpc) is 3.20. The molecule has 0 saturated heterocycles. The maximum atomic E-state index is 12.0. The van der Waals surface area contributed by atoms with Crippen LogP contribution in [0.2, 0.25) is 0 Å². The van der Waals surface area contributed by atoms with Gasteiger partial charge < -0.3 is 10.2 Å². The number of thiazole rings is 1. The molecular formula is C19H22N3OS2+. The molecule has 1 aliphatic rings. The van der Waals surface area contributed by atoms with Gasteiger partial charge in [0.2, 0.25) is 5.91 Å². The van der Waals surface area contributed by atoms with Gasteiger partial charge in [-0.25, -0.2) is 4.98 Å². The summed E-state index contributed by atoms with van der Waals surface area (Å²) in [7, 11) is 0. The minimum Gasteiger partial charge on any atom is -0.330 e. The third kappa shape index (κ3) is 3.10. The molecular weight excluding hydrogens is 350 g/mol. The predicted molar refractivity (Wildman–Crippen MR) is 106 cm³/mol. The number of hydrogen-bond acceptors (Lipinski definition) is 4.